The van der Waals surface area contributed by atoms with Crippen molar-refractivity contribution >= 4 is 23.8 Å². The molecule has 6 N–H and O–H groups in total. The summed E-state index contributed by atoms with van der Waals surface area (Å²) in [6.45, 7) is 7.04. The quantitative estimate of drug-likeness (QED) is 0.345. The summed E-state index contributed by atoms with van der Waals surface area (Å²) in [5.41, 5.74) is 5.77. The van der Waals surface area contributed by atoms with Gasteiger partial charge in [0.1, 0.15) is 12.1 Å². The number of hydrogen-bond donors (Lipinski definition) is 5. The fourth-order valence-electron chi connectivity index (χ4n) is 2.20. The molecule has 0 heterocycles. The number of carboxylic acid groups (broad SMARTS) is 2. The molecule has 0 spiro atoms. The molecule has 0 aliphatic carbocycles. The van der Waals surface area contributed by atoms with Gasteiger partial charge in [0.05, 0.1) is 6.04 Å². The van der Waals surface area contributed by atoms with Gasteiger partial charge < -0.3 is 26.6 Å². The van der Waals surface area contributed by atoms with E-state index in [0.29, 0.717) is 6.42 Å². The Morgan fingerprint density at radius 2 is 1.52 bits per heavy atom. The minimum Gasteiger partial charge on any atom is -0.481 e. The summed E-state index contributed by atoms with van der Waals surface area (Å²) < 4.78 is 0. The van der Waals surface area contributed by atoms with E-state index >= 15 is 0 Å². The van der Waals surface area contributed by atoms with Crippen molar-refractivity contribution in [2.75, 3.05) is 0 Å². The normalized spacial score (nSPS) is 14.7. The number of hydrogen-bond acceptors (Lipinski definition) is 5. The van der Waals surface area contributed by atoms with Crippen LogP contribution in [0.2, 0.25) is 0 Å². The second-order valence-corrected chi connectivity index (χ2v) is 6.80. The first-order chi connectivity index (χ1) is 11.5. The molecule has 0 saturated carbocycles. The predicted molar refractivity (Wildman–Crippen MR) is 90.6 cm³/mol. The van der Waals surface area contributed by atoms with Crippen molar-refractivity contribution in [1.29, 1.82) is 0 Å². The van der Waals surface area contributed by atoms with E-state index in [0.717, 1.165) is 0 Å². The van der Waals surface area contributed by atoms with Crippen LogP contribution in [0.3, 0.4) is 0 Å². The Balaban J connectivity index is 5.07. The van der Waals surface area contributed by atoms with Crippen LogP contribution in [0.15, 0.2) is 0 Å². The molecule has 0 rings (SSSR count). The van der Waals surface area contributed by atoms with Gasteiger partial charge in [-0.25, -0.2) is 4.79 Å². The summed E-state index contributed by atoms with van der Waals surface area (Å²) in [4.78, 5) is 46.4. The number of amides is 2. The predicted octanol–water partition coefficient (Wildman–Crippen LogP) is -0.0652. The van der Waals surface area contributed by atoms with Gasteiger partial charge in [-0.1, -0.05) is 27.7 Å². The third kappa shape index (κ3) is 9.04. The average molecular weight is 359 g/mol. The SMILES string of the molecule is CC(C)CC(N)C(=O)NC(CCC(=O)O)C(=O)NC(C(=O)O)C(C)C. The number of rotatable bonds is 11. The van der Waals surface area contributed by atoms with Crippen LogP contribution in [0.1, 0.15) is 47.0 Å². The Labute approximate surface area is 147 Å². The van der Waals surface area contributed by atoms with Gasteiger partial charge in [0.2, 0.25) is 11.8 Å². The van der Waals surface area contributed by atoms with Crippen LogP contribution >= 0.6 is 0 Å². The van der Waals surface area contributed by atoms with Crippen molar-refractivity contribution in [2.45, 2.75) is 65.1 Å². The van der Waals surface area contributed by atoms with E-state index in [-0.39, 0.29) is 24.7 Å². The monoisotopic (exact) mass is 359 g/mol. The zero-order valence-corrected chi connectivity index (χ0v) is 15.1. The van der Waals surface area contributed by atoms with Gasteiger partial charge in [-0.2, -0.15) is 0 Å². The van der Waals surface area contributed by atoms with Crippen LogP contribution < -0.4 is 16.4 Å². The fourth-order valence-corrected chi connectivity index (χ4v) is 2.20. The van der Waals surface area contributed by atoms with Crippen LogP contribution in [0.25, 0.3) is 0 Å². The second kappa shape index (κ2) is 10.7. The highest BCUT2D eigenvalue weighted by Gasteiger charge is 2.29. The second-order valence-electron chi connectivity index (χ2n) is 6.80. The summed E-state index contributed by atoms with van der Waals surface area (Å²) in [6.07, 6.45) is -0.105. The molecule has 0 bridgehead atoms. The van der Waals surface area contributed by atoms with Gasteiger partial charge in [-0.3, -0.25) is 14.4 Å². The topological polar surface area (TPSA) is 159 Å². The number of nitrogens with two attached hydrogens (primary N) is 1. The van der Waals surface area contributed by atoms with Crippen molar-refractivity contribution in [3.05, 3.63) is 0 Å². The molecule has 9 nitrogen and oxygen atoms in total. The van der Waals surface area contributed by atoms with E-state index in [4.69, 9.17) is 15.9 Å². The van der Waals surface area contributed by atoms with Gasteiger partial charge >= 0.3 is 11.9 Å². The molecule has 3 unspecified atom stereocenters. The molecule has 0 aromatic heterocycles. The van der Waals surface area contributed by atoms with Crippen molar-refractivity contribution in [3.8, 4) is 0 Å². The lowest BCUT2D eigenvalue weighted by atomic mass is 10.0. The lowest BCUT2D eigenvalue weighted by molar-refractivity contribution is -0.144. The molecule has 3 atom stereocenters. The summed E-state index contributed by atoms with van der Waals surface area (Å²) in [6, 6.07) is -3.14. The van der Waals surface area contributed by atoms with Gasteiger partial charge in [-0.15, -0.1) is 0 Å². The average Bonchev–Trinajstić information content (AvgIpc) is 2.46. The maximum atomic E-state index is 12.3. The zero-order valence-electron chi connectivity index (χ0n) is 15.1. The Morgan fingerprint density at radius 3 is 1.92 bits per heavy atom. The minimum atomic E-state index is -1.21. The lowest BCUT2D eigenvalue weighted by Gasteiger charge is -2.24. The summed E-state index contributed by atoms with van der Waals surface area (Å²) in [5, 5.41) is 22.7. The minimum absolute atomic E-state index is 0.161. The number of carbonyl (C=O) groups excluding carboxylic acids is 2. The first-order valence-corrected chi connectivity index (χ1v) is 8.26. The Hall–Kier alpha value is -2.16. The molecule has 0 fully saturated rings. The van der Waals surface area contributed by atoms with Crippen LogP contribution in [-0.4, -0.2) is 52.1 Å². The zero-order chi connectivity index (χ0) is 19.7. The summed E-state index contributed by atoms with van der Waals surface area (Å²) in [5.74, 6) is -3.85. The number of carbonyl (C=O) groups is 4. The summed E-state index contributed by atoms with van der Waals surface area (Å²) >= 11 is 0. The third-order valence-electron chi connectivity index (χ3n) is 3.57. The van der Waals surface area contributed by atoms with Gasteiger partial charge in [0.25, 0.3) is 0 Å². The molecule has 0 radical (unpaired) electrons. The van der Waals surface area contributed by atoms with Gasteiger partial charge in [0.15, 0.2) is 0 Å². The molecule has 9 heteroatoms. The molecular formula is C16H29N3O6. The molecule has 0 aromatic rings. The molecular weight excluding hydrogens is 330 g/mol. The van der Waals surface area contributed by atoms with E-state index in [1.807, 2.05) is 13.8 Å². The van der Waals surface area contributed by atoms with Crippen LogP contribution in [0, 0.1) is 11.8 Å². The molecule has 144 valence electrons. The van der Waals surface area contributed by atoms with E-state index in [1.54, 1.807) is 13.8 Å². The summed E-state index contributed by atoms with van der Waals surface area (Å²) in [7, 11) is 0. The first-order valence-electron chi connectivity index (χ1n) is 8.26. The maximum absolute atomic E-state index is 12.3. The lowest BCUT2D eigenvalue weighted by Crippen LogP contribution is -2.55. The van der Waals surface area contributed by atoms with E-state index < -0.39 is 41.9 Å². The molecule has 25 heavy (non-hydrogen) atoms. The highest BCUT2D eigenvalue weighted by Crippen LogP contribution is 2.07. The van der Waals surface area contributed by atoms with Crippen molar-refractivity contribution < 1.29 is 29.4 Å². The largest absolute Gasteiger partial charge is 0.481 e. The van der Waals surface area contributed by atoms with E-state index in [1.165, 1.54) is 0 Å². The van der Waals surface area contributed by atoms with Crippen LogP contribution in [0.5, 0.6) is 0 Å². The first kappa shape index (κ1) is 22.8. The van der Waals surface area contributed by atoms with Gasteiger partial charge in [0, 0.05) is 6.42 Å². The van der Waals surface area contributed by atoms with Crippen molar-refractivity contribution in [2.24, 2.45) is 17.6 Å². The van der Waals surface area contributed by atoms with E-state index in [2.05, 4.69) is 10.6 Å². The van der Waals surface area contributed by atoms with Gasteiger partial charge in [-0.05, 0) is 24.7 Å². The third-order valence-corrected chi connectivity index (χ3v) is 3.57. The number of carboxylic acids is 2. The Morgan fingerprint density at radius 1 is 0.960 bits per heavy atom. The van der Waals surface area contributed by atoms with Crippen LogP contribution in [0.4, 0.5) is 0 Å². The number of aliphatic carboxylic acids is 2. The number of nitrogens with one attached hydrogen (secondary N) is 2. The van der Waals surface area contributed by atoms with Crippen LogP contribution in [-0.2, 0) is 19.2 Å². The van der Waals surface area contributed by atoms with Crippen molar-refractivity contribution in [3.63, 3.8) is 0 Å². The maximum Gasteiger partial charge on any atom is 0.326 e. The molecule has 0 aliphatic heterocycles. The molecule has 0 aromatic carbocycles. The molecule has 2 amide bonds. The molecule has 0 aliphatic rings. The van der Waals surface area contributed by atoms with E-state index in [9.17, 15) is 19.2 Å². The van der Waals surface area contributed by atoms with Crippen molar-refractivity contribution in [1.82, 2.24) is 10.6 Å². The fraction of sp³-hybridized carbons (Fsp3) is 0.750. The Bertz CT molecular complexity index is 492. The highest BCUT2D eigenvalue weighted by atomic mass is 16.4. The molecule has 0 saturated heterocycles. The highest BCUT2D eigenvalue weighted by molar-refractivity contribution is 5.92. The Kier molecular flexibility index (Phi) is 9.73. The standard InChI is InChI=1S/C16H29N3O6/c1-8(2)7-10(17)14(22)18-11(5-6-12(20)21)15(23)19-13(9(3)4)16(24)25/h8-11,13H,5-7,17H2,1-4H3,(H,18,22)(H,19,23)(H,20,21)(H,24,25). The smallest absolute Gasteiger partial charge is 0.326 e.